The Bertz CT molecular complexity index is 1130. The minimum atomic E-state index is -0.584. The Morgan fingerprint density at radius 3 is 1.35 bits per heavy atom. The third-order valence-corrected chi connectivity index (χ3v) is 10.4. The molecule has 0 aromatic heterocycles. The lowest BCUT2D eigenvalue weighted by Gasteiger charge is -2.18. The molecule has 0 N–H and O–H groups in total. The monoisotopic (exact) mass is 835 g/mol. The Morgan fingerprint density at radius 2 is 0.833 bits per heavy atom. The van der Waals surface area contributed by atoms with Crippen molar-refractivity contribution in [2.24, 2.45) is 0 Å². The zero-order valence-electron chi connectivity index (χ0n) is 39.5. The van der Waals surface area contributed by atoms with Crippen LogP contribution in [0.1, 0.15) is 226 Å². The summed E-state index contributed by atoms with van der Waals surface area (Å²) in [5, 5.41) is 0. The van der Waals surface area contributed by atoms with Crippen LogP contribution in [0.2, 0.25) is 0 Å². The Morgan fingerprint density at radius 1 is 0.400 bits per heavy atom. The summed E-state index contributed by atoms with van der Waals surface area (Å²) in [6, 6.07) is 0. The van der Waals surface area contributed by atoms with E-state index in [4.69, 9.17) is 14.2 Å². The summed E-state index contributed by atoms with van der Waals surface area (Å²) in [4.78, 5) is 25.3. The van der Waals surface area contributed by atoms with E-state index in [0.29, 0.717) is 13.0 Å². The highest BCUT2D eigenvalue weighted by Gasteiger charge is 2.17. The maximum absolute atomic E-state index is 12.8. The van der Waals surface area contributed by atoms with E-state index < -0.39 is 6.10 Å². The number of hydrogen-bond acceptors (Lipinski definition) is 5. The normalized spacial score (nSPS) is 12.9. The van der Waals surface area contributed by atoms with Gasteiger partial charge >= 0.3 is 11.9 Å². The largest absolute Gasteiger partial charge is 0.461 e. The van der Waals surface area contributed by atoms with Crippen LogP contribution in [0, 0.1) is 0 Å². The molecule has 0 aromatic rings. The third kappa shape index (κ3) is 47.8. The molecule has 0 spiro atoms. The minimum absolute atomic E-state index is 0.0240. The molecular formula is C55H94O5. The Labute approximate surface area is 371 Å². The first kappa shape index (κ1) is 57.1. The number of carbonyl (C=O) groups is 2. The Kier molecular flexibility index (Phi) is 48.0. The summed E-state index contributed by atoms with van der Waals surface area (Å²) >= 11 is 0. The van der Waals surface area contributed by atoms with Crippen LogP contribution in [-0.4, -0.2) is 37.9 Å². The van der Waals surface area contributed by atoms with Gasteiger partial charge in [0.25, 0.3) is 0 Å². The van der Waals surface area contributed by atoms with E-state index in [1.54, 1.807) is 0 Å². The number of allylic oxidation sites excluding steroid dienone is 13. The first-order valence-electron chi connectivity index (χ1n) is 25.1. The molecule has 0 rings (SSSR count). The Hall–Kier alpha value is -2.92. The van der Waals surface area contributed by atoms with E-state index in [0.717, 1.165) is 83.5 Å². The van der Waals surface area contributed by atoms with Gasteiger partial charge in [-0.25, -0.2) is 0 Å². The SMILES string of the molecule is CC/C=C\C/C=C\C/C=C\C/C=C\C/C=C\CC(=O)OCC(COCCCCCCCCCCCCCCCCCC)OC(=O)CCCCCCC/C=C\C/C=C\CCC. The molecule has 0 aliphatic carbocycles. The van der Waals surface area contributed by atoms with Gasteiger partial charge in [0.2, 0.25) is 0 Å². The molecule has 60 heavy (non-hydrogen) atoms. The molecule has 0 aliphatic rings. The lowest BCUT2D eigenvalue weighted by molar-refractivity contribution is -0.162. The summed E-state index contributed by atoms with van der Waals surface area (Å²) in [6.45, 7) is 7.54. The zero-order valence-corrected chi connectivity index (χ0v) is 39.5. The van der Waals surface area contributed by atoms with Crippen molar-refractivity contribution in [1.82, 2.24) is 0 Å². The van der Waals surface area contributed by atoms with Crippen LogP contribution in [0.5, 0.6) is 0 Å². The molecule has 0 bridgehead atoms. The summed E-state index contributed by atoms with van der Waals surface area (Å²) in [6.07, 6.45) is 66.1. The maximum atomic E-state index is 12.8. The second kappa shape index (κ2) is 50.4. The second-order valence-corrected chi connectivity index (χ2v) is 16.4. The minimum Gasteiger partial charge on any atom is -0.461 e. The first-order chi connectivity index (χ1) is 29.6. The van der Waals surface area contributed by atoms with E-state index in [-0.39, 0.29) is 31.6 Å². The molecule has 0 saturated heterocycles. The molecule has 5 heteroatoms. The van der Waals surface area contributed by atoms with Crippen molar-refractivity contribution in [3.05, 3.63) is 85.1 Å². The fraction of sp³-hybridized carbons (Fsp3) is 0.709. The Balaban J connectivity index is 4.39. The summed E-state index contributed by atoms with van der Waals surface area (Å²) in [7, 11) is 0. The average Bonchev–Trinajstić information content (AvgIpc) is 3.25. The third-order valence-electron chi connectivity index (χ3n) is 10.4. The summed E-state index contributed by atoms with van der Waals surface area (Å²) in [5.41, 5.74) is 0. The van der Waals surface area contributed by atoms with Gasteiger partial charge in [-0.3, -0.25) is 9.59 Å². The second-order valence-electron chi connectivity index (χ2n) is 16.4. The molecule has 5 nitrogen and oxygen atoms in total. The van der Waals surface area contributed by atoms with Gasteiger partial charge in [-0.05, 0) is 70.6 Å². The number of rotatable bonds is 45. The fourth-order valence-electron chi connectivity index (χ4n) is 6.74. The van der Waals surface area contributed by atoms with Crippen LogP contribution in [0.25, 0.3) is 0 Å². The predicted molar refractivity (Wildman–Crippen MR) is 260 cm³/mol. The highest BCUT2D eigenvalue weighted by atomic mass is 16.6. The van der Waals surface area contributed by atoms with Crippen molar-refractivity contribution in [2.75, 3.05) is 19.8 Å². The zero-order chi connectivity index (χ0) is 43.5. The number of ether oxygens (including phenoxy) is 3. The van der Waals surface area contributed by atoms with Gasteiger partial charge in [0.1, 0.15) is 6.61 Å². The molecule has 0 fully saturated rings. The number of unbranched alkanes of at least 4 members (excludes halogenated alkanes) is 21. The van der Waals surface area contributed by atoms with Gasteiger partial charge in [-0.15, -0.1) is 0 Å². The molecule has 0 heterocycles. The molecule has 0 saturated carbocycles. The van der Waals surface area contributed by atoms with Crippen molar-refractivity contribution in [2.45, 2.75) is 232 Å². The van der Waals surface area contributed by atoms with Crippen molar-refractivity contribution < 1.29 is 23.8 Å². The fourth-order valence-corrected chi connectivity index (χ4v) is 6.74. The van der Waals surface area contributed by atoms with Crippen LogP contribution in [0.4, 0.5) is 0 Å². The van der Waals surface area contributed by atoms with E-state index in [1.165, 1.54) is 109 Å². The number of hydrogen-bond donors (Lipinski definition) is 0. The number of carbonyl (C=O) groups excluding carboxylic acids is 2. The van der Waals surface area contributed by atoms with Crippen LogP contribution in [0.3, 0.4) is 0 Å². The lowest BCUT2D eigenvalue weighted by atomic mass is 10.0. The van der Waals surface area contributed by atoms with Gasteiger partial charge in [-0.2, -0.15) is 0 Å². The predicted octanol–water partition coefficient (Wildman–Crippen LogP) is 16.9. The smallest absolute Gasteiger partial charge is 0.309 e. The molecule has 0 aliphatic heterocycles. The van der Waals surface area contributed by atoms with Gasteiger partial charge in [-0.1, -0.05) is 228 Å². The first-order valence-corrected chi connectivity index (χ1v) is 25.1. The molecule has 1 atom stereocenters. The van der Waals surface area contributed by atoms with Crippen LogP contribution in [-0.2, 0) is 23.8 Å². The maximum Gasteiger partial charge on any atom is 0.309 e. The molecule has 0 amide bonds. The standard InChI is InChI=1S/C55H94O5/c1-4-7-10-13-16-19-22-25-27-29-32-35-38-41-44-47-50-58-51-53(60-55(57)49-46-43-40-37-34-30-24-21-18-15-12-9-6-3)52-59-54(56)48-45-42-39-36-33-31-28-26-23-20-17-14-11-8-5-2/h8,11-12,15,17,20-21,24,26,28,33,36,42,45,53H,4-7,9-10,13-14,16,18-19,22-23,25,27,29-32,34-35,37-41,43-44,46-52H2,1-3H3/b11-8-,15-12-,20-17-,24-21-,28-26-,36-33-,45-42-. The van der Waals surface area contributed by atoms with Gasteiger partial charge in [0.05, 0.1) is 13.0 Å². The van der Waals surface area contributed by atoms with Gasteiger partial charge in [0, 0.05) is 13.0 Å². The van der Waals surface area contributed by atoms with E-state index in [2.05, 4.69) is 93.7 Å². The van der Waals surface area contributed by atoms with Crippen molar-refractivity contribution >= 4 is 11.9 Å². The van der Waals surface area contributed by atoms with E-state index >= 15 is 0 Å². The summed E-state index contributed by atoms with van der Waals surface area (Å²) in [5.74, 6) is -0.558. The highest BCUT2D eigenvalue weighted by molar-refractivity contribution is 5.71. The molecule has 344 valence electrons. The van der Waals surface area contributed by atoms with Crippen LogP contribution in [0.15, 0.2) is 85.1 Å². The summed E-state index contributed by atoms with van der Waals surface area (Å²) < 4.78 is 17.3. The van der Waals surface area contributed by atoms with E-state index in [9.17, 15) is 9.59 Å². The van der Waals surface area contributed by atoms with E-state index in [1.807, 2.05) is 12.2 Å². The van der Waals surface area contributed by atoms with Crippen molar-refractivity contribution in [3.63, 3.8) is 0 Å². The van der Waals surface area contributed by atoms with Crippen molar-refractivity contribution in [3.8, 4) is 0 Å². The van der Waals surface area contributed by atoms with Crippen LogP contribution >= 0.6 is 0 Å². The topological polar surface area (TPSA) is 61.8 Å². The quantitative estimate of drug-likeness (QED) is 0.0347. The molecule has 1 unspecified atom stereocenters. The molecular weight excluding hydrogens is 741 g/mol. The van der Waals surface area contributed by atoms with Crippen molar-refractivity contribution in [1.29, 1.82) is 0 Å². The molecule has 0 aromatic carbocycles. The van der Waals surface area contributed by atoms with Gasteiger partial charge in [0.15, 0.2) is 6.10 Å². The average molecular weight is 835 g/mol. The molecule has 0 radical (unpaired) electrons. The highest BCUT2D eigenvalue weighted by Crippen LogP contribution is 2.14. The van der Waals surface area contributed by atoms with Gasteiger partial charge < -0.3 is 14.2 Å². The lowest BCUT2D eigenvalue weighted by Crippen LogP contribution is -2.30. The van der Waals surface area contributed by atoms with Crippen LogP contribution < -0.4 is 0 Å². The number of esters is 2.